The summed E-state index contributed by atoms with van der Waals surface area (Å²) in [7, 11) is 0. The van der Waals surface area contributed by atoms with Gasteiger partial charge in [-0.1, -0.05) is 43.3 Å². The molecule has 1 aliphatic rings. The molecule has 5 heteroatoms. The van der Waals surface area contributed by atoms with Crippen molar-refractivity contribution in [2.45, 2.75) is 45.9 Å². The predicted octanol–water partition coefficient (Wildman–Crippen LogP) is 4.40. The summed E-state index contributed by atoms with van der Waals surface area (Å²) in [4.78, 5) is 4.39. The Bertz CT molecular complexity index is 877. The van der Waals surface area contributed by atoms with E-state index in [2.05, 4.69) is 35.4 Å². The van der Waals surface area contributed by atoms with Crippen LogP contribution < -0.4 is 10.1 Å². The molecule has 5 nitrogen and oxygen atoms in total. The molecule has 146 valence electrons. The number of nitrogens with zero attached hydrogens (tertiary/aromatic N) is 2. The van der Waals surface area contributed by atoms with Crippen LogP contribution in [0.2, 0.25) is 0 Å². The number of nitrogens with one attached hydrogen (secondary N) is 1. The Hall–Kier alpha value is -2.66. The molecule has 2 heterocycles. The summed E-state index contributed by atoms with van der Waals surface area (Å²) in [5.74, 6) is 2.19. The molecule has 0 radical (unpaired) electrons. The molecule has 1 N–H and O–H groups in total. The Morgan fingerprint density at radius 3 is 2.68 bits per heavy atom. The van der Waals surface area contributed by atoms with Crippen LogP contribution in [0.1, 0.15) is 37.4 Å². The lowest BCUT2D eigenvalue weighted by atomic mass is 9.57. The number of pyridine rings is 1. The number of rotatable bonds is 8. The molecule has 1 saturated carbocycles. The molecule has 2 atom stereocenters. The van der Waals surface area contributed by atoms with E-state index >= 15 is 0 Å². The minimum Gasteiger partial charge on any atom is -0.486 e. The fourth-order valence-electron chi connectivity index (χ4n) is 3.88. The van der Waals surface area contributed by atoms with Gasteiger partial charge in [-0.3, -0.25) is 4.98 Å². The minimum atomic E-state index is 0.217. The molecule has 0 bridgehead atoms. The lowest BCUT2D eigenvalue weighted by Gasteiger charge is -2.52. The number of benzene rings is 1. The summed E-state index contributed by atoms with van der Waals surface area (Å²) in [5, 5.41) is 7.91. The SMILES string of the molecule is CC1(C)C(Cc2cc(COc3ccccc3)on2)CC1NCc1ccccn1. The molecule has 1 aromatic carbocycles. The van der Waals surface area contributed by atoms with Gasteiger partial charge < -0.3 is 14.6 Å². The molecule has 0 amide bonds. The quantitative estimate of drug-likeness (QED) is 0.631. The summed E-state index contributed by atoms with van der Waals surface area (Å²) >= 11 is 0. The van der Waals surface area contributed by atoms with Gasteiger partial charge in [0.25, 0.3) is 0 Å². The van der Waals surface area contributed by atoms with Crippen molar-refractivity contribution >= 4 is 0 Å². The van der Waals surface area contributed by atoms with Gasteiger partial charge in [0.05, 0.1) is 11.4 Å². The number of para-hydroxylation sites is 1. The summed E-state index contributed by atoms with van der Waals surface area (Å²) in [6, 6.07) is 18.3. The van der Waals surface area contributed by atoms with Crippen LogP contribution in [0.4, 0.5) is 0 Å². The molecule has 1 fully saturated rings. The Kier molecular flexibility index (Phi) is 5.44. The highest BCUT2D eigenvalue weighted by Gasteiger charge is 2.47. The van der Waals surface area contributed by atoms with Crippen molar-refractivity contribution in [1.82, 2.24) is 15.5 Å². The molecule has 1 aliphatic carbocycles. The fraction of sp³-hybridized carbons (Fsp3) is 0.391. The third-order valence-electron chi connectivity index (χ3n) is 5.91. The van der Waals surface area contributed by atoms with E-state index in [0.29, 0.717) is 18.6 Å². The van der Waals surface area contributed by atoms with E-state index in [1.807, 2.05) is 54.7 Å². The molecule has 0 saturated heterocycles. The lowest BCUT2D eigenvalue weighted by Crippen LogP contribution is -2.57. The first-order valence-corrected chi connectivity index (χ1v) is 9.87. The molecule has 28 heavy (non-hydrogen) atoms. The zero-order chi connectivity index (χ0) is 19.4. The number of hydrogen-bond acceptors (Lipinski definition) is 5. The van der Waals surface area contributed by atoms with E-state index in [1.54, 1.807) is 0 Å². The van der Waals surface area contributed by atoms with Gasteiger partial charge in [0.2, 0.25) is 0 Å². The first-order chi connectivity index (χ1) is 13.6. The van der Waals surface area contributed by atoms with E-state index in [9.17, 15) is 0 Å². The van der Waals surface area contributed by atoms with Gasteiger partial charge in [-0.15, -0.1) is 0 Å². The first kappa shape index (κ1) is 18.7. The van der Waals surface area contributed by atoms with Crippen LogP contribution >= 0.6 is 0 Å². The van der Waals surface area contributed by atoms with Crippen LogP contribution in [-0.2, 0) is 19.6 Å². The van der Waals surface area contributed by atoms with Crippen molar-refractivity contribution in [1.29, 1.82) is 0 Å². The zero-order valence-electron chi connectivity index (χ0n) is 16.5. The number of hydrogen-bond donors (Lipinski definition) is 1. The average Bonchev–Trinajstić information content (AvgIpc) is 3.18. The Morgan fingerprint density at radius 2 is 1.93 bits per heavy atom. The molecule has 3 aromatic rings. The second-order valence-corrected chi connectivity index (χ2v) is 8.10. The van der Waals surface area contributed by atoms with Crippen molar-refractivity contribution in [3.05, 3.63) is 77.9 Å². The fourth-order valence-corrected chi connectivity index (χ4v) is 3.88. The van der Waals surface area contributed by atoms with Gasteiger partial charge in [-0.25, -0.2) is 0 Å². The highest BCUT2D eigenvalue weighted by molar-refractivity contribution is 5.21. The average molecular weight is 377 g/mol. The van der Waals surface area contributed by atoms with Crippen molar-refractivity contribution in [2.75, 3.05) is 0 Å². The van der Waals surface area contributed by atoms with Gasteiger partial charge in [0.1, 0.15) is 12.4 Å². The van der Waals surface area contributed by atoms with Crippen molar-refractivity contribution in [3.63, 3.8) is 0 Å². The van der Waals surface area contributed by atoms with Crippen molar-refractivity contribution in [3.8, 4) is 5.75 Å². The van der Waals surface area contributed by atoms with E-state index < -0.39 is 0 Å². The van der Waals surface area contributed by atoms with Crippen LogP contribution in [0.3, 0.4) is 0 Å². The number of ether oxygens (including phenoxy) is 1. The summed E-state index contributed by atoms with van der Waals surface area (Å²) < 4.78 is 11.2. The Morgan fingerprint density at radius 1 is 1.11 bits per heavy atom. The van der Waals surface area contributed by atoms with E-state index in [4.69, 9.17) is 9.26 Å². The second kappa shape index (κ2) is 8.15. The second-order valence-electron chi connectivity index (χ2n) is 8.10. The van der Waals surface area contributed by atoms with Gasteiger partial charge in [0.15, 0.2) is 5.76 Å². The maximum absolute atomic E-state index is 5.73. The number of aromatic nitrogens is 2. The molecule has 0 spiro atoms. The van der Waals surface area contributed by atoms with Crippen LogP contribution in [-0.4, -0.2) is 16.2 Å². The normalized spacial score (nSPS) is 20.5. The summed E-state index contributed by atoms with van der Waals surface area (Å²) in [5.41, 5.74) is 2.31. The Balaban J connectivity index is 1.26. The lowest BCUT2D eigenvalue weighted by molar-refractivity contribution is 0.0123. The van der Waals surface area contributed by atoms with E-state index in [1.165, 1.54) is 0 Å². The molecular weight excluding hydrogens is 350 g/mol. The molecule has 2 unspecified atom stereocenters. The molecule has 0 aliphatic heterocycles. The summed E-state index contributed by atoms with van der Waals surface area (Å²) in [6.07, 6.45) is 3.92. The van der Waals surface area contributed by atoms with Gasteiger partial charge in [-0.2, -0.15) is 0 Å². The third kappa shape index (κ3) is 4.25. The van der Waals surface area contributed by atoms with Crippen LogP contribution in [0.15, 0.2) is 65.3 Å². The third-order valence-corrected chi connectivity index (χ3v) is 5.91. The minimum absolute atomic E-state index is 0.217. The monoisotopic (exact) mass is 377 g/mol. The maximum Gasteiger partial charge on any atom is 0.174 e. The van der Waals surface area contributed by atoms with Crippen LogP contribution in [0.25, 0.3) is 0 Å². The zero-order valence-corrected chi connectivity index (χ0v) is 16.5. The highest BCUT2D eigenvalue weighted by atomic mass is 16.5. The van der Waals surface area contributed by atoms with Gasteiger partial charge >= 0.3 is 0 Å². The van der Waals surface area contributed by atoms with Crippen molar-refractivity contribution < 1.29 is 9.26 Å². The first-order valence-electron chi connectivity index (χ1n) is 9.87. The van der Waals surface area contributed by atoms with E-state index in [0.717, 1.165) is 42.3 Å². The standard InChI is InChI=1S/C23H27N3O2/c1-23(2)17(13-22(23)25-15-18-8-6-7-11-24-18)12-19-14-21(28-26-19)16-27-20-9-4-3-5-10-20/h3-11,14,17,22,25H,12-13,15-16H2,1-2H3. The maximum atomic E-state index is 5.73. The summed E-state index contributed by atoms with van der Waals surface area (Å²) in [6.45, 7) is 5.87. The van der Waals surface area contributed by atoms with Gasteiger partial charge in [0, 0.05) is 24.8 Å². The largest absolute Gasteiger partial charge is 0.486 e. The predicted molar refractivity (Wildman–Crippen MR) is 108 cm³/mol. The topological polar surface area (TPSA) is 60.2 Å². The Labute approximate surface area is 166 Å². The van der Waals surface area contributed by atoms with Crippen molar-refractivity contribution in [2.24, 2.45) is 11.3 Å². The van der Waals surface area contributed by atoms with Crippen LogP contribution in [0, 0.1) is 11.3 Å². The molecular formula is C23H27N3O2. The smallest absolute Gasteiger partial charge is 0.174 e. The molecule has 2 aromatic heterocycles. The van der Waals surface area contributed by atoms with Gasteiger partial charge in [-0.05, 0) is 48.4 Å². The molecule has 4 rings (SSSR count). The van der Waals surface area contributed by atoms with E-state index in [-0.39, 0.29) is 5.41 Å². The van der Waals surface area contributed by atoms with Crippen LogP contribution in [0.5, 0.6) is 5.75 Å². The highest BCUT2D eigenvalue weighted by Crippen LogP contribution is 2.47.